The third-order valence-electron chi connectivity index (χ3n) is 2.48. The van der Waals surface area contributed by atoms with Crippen LogP contribution in [0.5, 0.6) is 0 Å². The van der Waals surface area contributed by atoms with Gasteiger partial charge in [-0.25, -0.2) is 0 Å². The zero-order chi connectivity index (χ0) is 13.5. The molecule has 0 saturated heterocycles. The molecule has 1 rings (SSSR count). The summed E-state index contributed by atoms with van der Waals surface area (Å²) < 4.78 is 5.08. The fourth-order valence-electron chi connectivity index (χ4n) is 1.61. The third-order valence-corrected chi connectivity index (χ3v) is 2.48. The lowest BCUT2D eigenvalue weighted by Crippen LogP contribution is -2.36. The van der Waals surface area contributed by atoms with Gasteiger partial charge in [0.15, 0.2) is 5.82 Å². The van der Waals surface area contributed by atoms with Gasteiger partial charge in [-0.3, -0.25) is 10.1 Å². The van der Waals surface area contributed by atoms with Gasteiger partial charge in [0.2, 0.25) is 5.89 Å². The number of carbonyl (C=O) groups is 1. The van der Waals surface area contributed by atoms with E-state index in [0.717, 1.165) is 12.8 Å². The quantitative estimate of drug-likeness (QED) is 0.733. The maximum Gasteiger partial charge on any atom is 0.320 e. The van der Waals surface area contributed by atoms with Gasteiger partial charge in [-0.2, -0.15) is 4.98 Å². The zero-order valence-corrected chi connectivity index (χ0v) is 11.1. The van der Waals surface area contributed by atoms with Crippen molar-refractivity contribution in [3.63, 3.8) is 0 Å². The third kappa shape index (κ3) is 4.83. The first-order chi connectivity index (χ1) is 8.52. The average Bonchev–Trinajstić information content (AvgIpc) is 2.70. The maximum atomic E-state index is 10.9. The highest BCUT2D eigenvalue weighted by atomic mass is 16.5. The smallest absolute Gasteiger partial charge is 0.320 e. The van der Waals surface area contributed by atoms with E-state index in [2.05, 4.69) is 29.3 Å². The summed E-state index contributed by atoms with van der Waals surface area (Å²) in [6.45, 7) is 6.42. The van der Waals surface area contributed by atoms with Crippen LogP contribution in [0.4, 0.5) is 0 Å². The van der Waals surface area contributed by atoms with Gasteiger partial charge in [-0.15, -0.1) is 0 Å². The minimum atomic E-state index is -0.845. The lowest BCUT2D eigenvalue weighted by molar-refractivity contribution is -0.139. The van der Waals surface area contributed by atoms with E-state index in [-0.39, 0.29) is 0 Å². The number of nitrogens with one attached hydrogen (secondary N) is 1. The molecule has 0 aliphatic carbocycles. The Morgan fingerprint density at radius 3 is 2.78 bits per heavy atom. The fourth-order valence-corrected chi connectivity index (χ4v) is 1.61. The molecule has 0 aliphatic heterocycles. The Kier molecular flexibility index (Phi) is 5.77. The topological polar surface area (TPSA) is 88.3 Å². The van der Waals surface area contributed by atoms with Crippen molar-refractivity contribution in [2.45, 2.75) is 52.6 Å². The largest absolute Gasteiger partial charge is 0.480 e. The van der Waals surface area contributed by atoms with Crippen LogP contribution < -0.4 is 5.32 Å². The highest BCUT2D eigenvalue weighted by Gasteiger charge is 2.16. The molecule has 1 aromatic heterocycles. The van der Waals surface area contributed by atoms with Gasteiger partial charge in [0.05, 0.1) is 6.54 Å². The Bertz CT molecular complexity index is 376. The van der Waals surface area contributed by atoms with Crippen molar-refractivity contribution in [3.05, 3.63) is 11.7 Å². The lowest BCUT2D eigenvalue weighted by atomic mass is 10.1. The molecule has 0 spiro atoms. The molecule has 0 saturated carbocycles. The van der Waals surface area contributed by atoms with Crippen LogP contribution in [0.3, 0.4) is 0 Å². The molecule has 0 bridgehead atoms. The summed E-state index contributed by atoms with van der Waals surface area (Å²) in [6, 6.07) is -0.554. The molecule has 0 fully saturated rings. The van der Waals surface area contributed by atoms with E-state index in [1.807, 2.05) is 6.92 Å². The standard InChI is InChI=1S/C12H21N3O3/c1-4-5-9(12(16)17)13-7-10-14-11(18-15-10)6-8(2)3/h8-9,13H,4-7H2,1-3H3,(H,16,17). The van der Waals surface area contributed by atoms with Gasteiger partial charge in [-0.1, -0.05) is 32.3 Å². The number of carboxylic acid groups (broad SMARTS) is 1. The van der Waals surface area contributed by atoms with Crippen LogP contribution in [0.15, 0.2) is 4.52 Å². The molecule has 1 unspecified atom stereocenters. The average molecular weight is 255 g/mol. The molecule has 1 aromatic rings. The Labute approximate surface area is 107 Å². The molecular formula is C12H21N3O3. The molecule has 6 heteroatoms. The SMILES string of the molecule is CCCC(NCc1noc(CC(C)C)n1)C(=O)O. The van der Waals surface area contributed by atoms with Gasteiger partial charge in [0, 0.05) is 6.42 Å². The summed E-state index contributed by atoms with van der Waals surface area (Å²) in [7, 11) is 0. The van der Waals surface area contributed by atoms with E-state index in [1.165, 1.54) is 0 Å². The van der Waals surface area contributed by atoms with E-state index in [9.17, 15) is 4.79 Å². The second-order valence-electron chi connectivity index (χ2n) is 4.76. The van der Waals surface area contributed by atoms with Crippen LogP contribution in [0.2, 0.25) is 0 Å². The predicted molar refractivity (Wildman–Crippen MR) is 66.0 cm³/mol. The van der Waals surface area contributed by atoms with E-state index in [4.69, 9.17) is 9.63 Å². The molecule has 0 amide bonds. The minimum absolute atomic E-state index is 0.318. The number of carboxylic acids is 1. The van der Waals surface area contributed by atoms with Crippen LogP contribution in [-0.2, 0) is 17.8 Å². The van der Waals surface area contributed by atoms with Crippen molar-refractivity contribution in [2.24, 2.45) is 5.92 Å². The van der Waals surface area contributed by atoms with E-state index in [0.29, 0.717) is 30.6 Å². The summed E-state index contributed by atoms with van der Waals surface area (Å²) in [6.07, 6.45) is 2.14. The second-order valence-corrected chi connectivity index (χ2v) is 4.76. The number of aliphatic carboxylic acids is 1. The molecular weight excluding hydrogens is 234 g/mol. The zero-order valence-electron chi connectivity index (χ0n) is 11.1. The highest BCUT2D eigenvalue weighted by Crippen LogP contribution is 2.06. The first-order valence-corrected chi connectivity index (χ1v) is 6.30. The van der Waals surface area contributed by atoms with Gasteiger partial charge in [0.25, 0.3) is 0 Å². The number of hydrogen-bond donors (Lipinski definition) is 2. The van der Waals surface area contributed by atoms with E-state index >= 15 is 0 Å². The van der Waals surface area contributed by atoms with Gasteiger partial charge < -0.3 is 9.63 Å². The van der Waals surface area contributed by atoms with Crippen LogP contribution in [0.1, 0.15) is 45.3 Å². The van der Waals surface area contributed by atoms with Crippen LogP contribution in [0, 0.1) is 5.92 Å². The molecule has 0 aliphatic rings. The van der Waals surface area contributed by atoms with Gasteiger partial charge in [0.1, 0.15) is 6.04 Å². The maximum absolute atomic E-state index is 10.9. The van der Waals surface area contributed by atoms with Crippen molar-refractivity contribution in [2.75, 3.05) is 0 Å². The fraction of sp³-hybridized carbons (Fsp3) is 0.750. The second kappa shape index (κ2) is 7.10. The molecule has 1 heterocycles. The minimum Gasteiger partial charge on any atom is -0.480 e. The van der Waals surface area contributed by atoms with Crippen molar-refractivity contribution < 1.29 is 14.4 Å². The van der Waals surface area contributed by atoms with Crippen molar-refractivity contribution >= 4 is 5.97 Å². The van der Waals surface area contributed by atoms with Crippen LogP contribution in [-0.4, -0.2) is 27.3 Å². The molecule has 0 aromatic carbocycles. The molecule has 6 nitrogen and oxygen atoms in total. The van der Waals surface area contributed by atoms with E-state index in [1.54, 1.807) is 0 Å². The van der Waals surface area contributed by atoms with Crippen LogP contribution in [0.25, 0.3) is 0 Å². The molecule has 18 heavy (non-hydrogen) atoms. The molecule has 0 radical (unpaired) electrons. The Morgan fingerprint density at radius 2 is 2.22 bits per heavy atom. The summed E-state index contributed by atoms with van der Waals surface area (Å²) in [5.74, 6) is 0.720. The van der Waals surface area contributed by atoms with Crippen LogP contribution >= 0.6 is 0 Å². The van der Waals surface area contributed by atoms with Gasteiger partial charge >= 0.3 is 5.97 Å². The van der Waals surface area contributed by atoms with Gasteiger partial charge in [-0.05, 0) is 12.3 Å². The Balaban J connectivity index is 2.46. The Hall–Kier alpha value is -1.43. The summed E-state index contributed by atoms with van der Waals surface area (Å²) in [4.78, 5) is 15.1. The summed E-state index contributed by atoms with van der Waals surface area (Å²) in [5, 5.41) is 15.7. The highest BCUT2D eigenvalue weighted by molar-refractivity contribution is 5.73. The first kappa shape index (κ1) is 14.6. The summed E-state index contributed by atoms with van der Waals surface area (Å²) >= 11 is 0. The van der Waals surface area contributed by atoms with Crippen molar-refractivity contribution in [1.82, 2.24) is 15.5 Å². The number of aromatic nitrogens is 2. The summed E-state index contributed by atoms with van der Waals surface area (Å²) in [5.41, 5.74) is 0. The van der Waals surface area contributed by atoms with Crippen molar-refractivity contribution in [1.29, 1.82) is 0 Å². The van der Waals surface area contributed by atoms with Crippen molar-refractivity contribution in [3.8, 4) is 0 Å². The van der Waals surface area contributed by atoms with E-state index < -0.39 is 12.0 Å². The molecule has 2 N–H and O–H groups in total. The number of rotatable bonds is 8. The molecule has 1 atom stereocenters. The normalized spacial score (nSPS) is 12.9. The lowest BCUT2D eigenvalue weighted by Gasteiger charge is -2.11. The Morgan fingerprint density at radius 1 is 1.50 bits per heavy atom. The predicted octanol–water partition coefficient (Wildman–Crippen LogP) is 1.61. The number of nitrogens with zero attached hydrogens (tertiary/aromatic N) is 2. The first-order valence-electron chi connectivity index (χ1n) is 6.30. The number of hydrogen-bond acceptors (Lipinski definition) is 5. The monoisotopic (exact) mass is 255 g/mol. The molecule has 102 valence electrons.